The van der Waals surface area contributed by atoms with Gasteiger partial charge < -0.3 is 0 Å². The van der Waals surface area contributed by atoms with E-state index < -0.39 is 0 Å². The van der Waals surface area contributed by atoms with Crippen LogP contribution in [0.25, 0.3) is 16.5 Å². The summed E-state index contributed by atoms with van der Waals surface area (Å²) in [5, 5.41) is 14.3. The van der Waals surface area contributed by atoms with E-state index >= 15 is 0 Å². The molecule has 0 bridgehead atoms. The van der Waals surface area contributed by atoms with Crippen molar-refractivity contribution in [2.24, 2.45) is 0 Å². The molecule has 0 unspecified atom stereocenters. The normalized spacial score (nSPS) is 11.4. The fraction of sp³-hybridized carbons (Fsp3) is 0.214. The number of tetrazole rings is 1. The molecule has 0 saturated carbocycles. The number of halogens is 1. The van der Waals surface area contributed by atoms with Crippen LogP contribution in [0.1, 0.15) is 25.6 Å². The molecule has 0 fully saturated rings. The van der Waals surface area contributed by atoms with Crippen molar-refractivity contribution >= 4 is 26.7 Å². The maximum absolute atomic E-state index is 4.08. The minimum absolute atomic E-state index is 0.288. The molecule has 0 spiro atoms. The van der Waals surface area contributed by atoms with Crippen LogP contribution in [-0.2, 0) is 0 Å². The second kappa shape index (κ2) is 4.74. The number of fused-ring (bicyclic) bond motifs is 1. The van der Waals surface area contributed by atoms with Gasteiger partial charge in [0.25, 0.3) is 0 Å². The highest BCUT2D eigenvalue weighted by atomic mass is 79.9. The molecule has 96 valence electrons. The van der Waals surface area contributed by atoms with Gasteiger partial charge in [0.2, 0.25) is 0 Å². The Balaban J connectivity index is 2.15. The van der Waals surface area contributed by atoms with Crippen LogP contribution in [-0.4, -0.2) is 20.2 Å². The molecular weight excluding hydrogens is 304 g/mol. The van der Waals surface area contributed by atoms with Crippen LogP contribution in [0.3, 0.4) is 0 Å². The van der Waals surface area contributed by atoms with Gasteiger partial charge in [-0.15, -0.1) is 5.10 Å². The molecule has 0 aliphatic rings. The van der Waals surface area contributed by atoms with E-state index in [1.165, 1.54) is 10.8 Å². The molecule has 3 aromatic rings. The Morgan fingerprint density at radius 1 is 1.05 bits per heavy atom. The van der Waals surface area contributed by atoms with Gasteiger partial charge in [0, 0.05) is 10.4 Å². The Bertz CT molecular complexity index is 733. The first-order valence-electron chi connectivity index (χ1n) is 6.13. The maximum Gasteiger partial charge on any atom is 0.159 e. The van der Waals surface area contributed by atoms with Gasteiger partial charge in [0.05, 0.1) is 5.69 Å². The molecular formula is C14H13BrN4. The molecule has 0 radical (unpaired) electrons. The van der Waals surface area contributed by atoms with Crippen molar-refractivity contribution in [3.63, 3.8) is 0 Å². The Morgan fingerprint density at radius 3 is 2.58 bits per heavy atom. The minimum Gasteiger partial charge on any atom is -0.197 e. The van der Waals surface area contributed by atoms with E-state index in [-0.39, 0.29) is 5.92 Å². The summed E-state index contributed by atoms with van der Waals surface area (Å²) in [4.78, 5) is 0. The lowest BCUT2D eigenvalue weighted by molar-refractivity contribution is 0.710. The van der Waals surface area contributed by atoms with Crippen molar-refractivity contribution in [3.8, 4) is 5.69 Å². The first kappa shape index (κ1) is 12.3. The summed E-state index contributed by atoms with van der Waals surface area (Å²) < 4.78 is 2.88. The lowest BCUT2D eigenvalue weighted by Crippen LogP contribution is -2.04. The zero-order chi connectivity index (χ0) is 13.4. The zero-order valence-electron chi connectivity index (χ0n) is 10.7. The van der Waals surface area contributed by atoms with Gasteiger partial charge in [-0.05, 0) is 45.5 Å². The van der Waals surface area contributed by atoms with Crippen LogP contribution in [0.15, 0.2) is 40.9 Å². The third-order valence-electron chi connectivity index (χ3n) is 3.04. The van der Waals surface area contributed by atoms with Crippen LogP contribution < -0.4 is 0 Å². The first-order chi connectivity index (χ1) is 9.15. The zero-order valence-corrected chi connectivity index (χ0v) is 12.3. The lowest BCUT2D eigenvalue weighted by atomic mass is 10.1. The second-order valence-electron chi connectivity index (χ2n) is 4.78. The third kappa shape index (κ3) is 2.26. The average Bonchev–Trinajstić information content (AvgIpc) is 2.87. The van der Waals surface area contributed by atoms with Crippen LogP contribution in [0.5, 0.6) is 0 Å². The monoisotopic (exact) mass is 316 g/mol. The van der Waals surface area contributed by atoms with Crippen LogP contribution in [0.2, 0.25) is 0 Å². The van der Waals surface area contributed by atoms with Gasteiger partial charge in [-0.25, -0.2) is 0 Å². The van der Waals surface area contributed by atoms with Crippen LogP contribution in [0, 0.1) is 0 Å². The summed E-state index contributed by atoms with van der Waals surface area (Å²) in [5.41, 5.74) is 0.989. The van der Waals surface area contributed by atoms with Gasteiger partial charge in [0.15, 0.2) is 5.82 Å². The Morgan fingerprint density at radius 2 is 1.79 bits per heavy atom. The van der Waals surface area contributed by atoms with Crippen molar-refractivity contribution in [2.45, 2.75) is 19.8 Å². The van der Waals surface area contributed by atoms with Gasteiger partial charge in [-0.2, -0.15) is 4.68 Å². The third-order valence-corrected chi connectivity index (χ3v) is 3.53. The molecule has 0 amide bonds. The van der Waals surface area contributed by atoms with Crippen molar-refractivity contribution in [3.05, 3.63) is 46.7 Å². The van der Waals surface area contributed by atoms with E-state index in [1.807, 2.05) is 12.1 Å². The summed E-state index contributed by atoms with van der Waals surface area (Å²) >= 11 is 3.48. The smallest absolute Gasteiger partial charge is 0.159 e. The minimum atomic E-state index is 0.288. The largest absolute Gasteiger partial charge is 0.197 e. The molecule has 0 aliphatic heterocycles. The molecule has 0 N–H and O–H groups in total. The van der Waals surface area contributed by atoms with E-state index in [1.54, 1.807) is 4.68 Å². The molecule has 0 saturated heterocycles. The lowest BCUT2D eigenvalue weighted by Gasteiger charge is -2.08. The Kier molecular flexibility index (Phi) is 3.06. The van der Waals surface area contributed by atoms with E-state index in [0.717, 1.165) is 16.0 Å². The Labute approximate surface area is 119 Å². The molecule has 5 heteroatoms. The predicted molar refractivity (Wildman–Crippen MR) is 78.4 cm³/mol. The molecule has 3 rings (SSSR count). The van der Waals surface area contributed by atoms with Crippen LogP contribution in [0.4, 0.5) is 0 Å². The number of aromatic nitrogens is 4. The van der Waals surface area contributed by atoms with Crippen molar-refractivity contribution in [2.75, 3.05) is 0 Å². The van der Waals surface area contributed by atoms with Gasteiger partial charge in [-0.3, -0.25) is 0 Å². The summed E-state index contributed by atoms with van der Waals surface area (Å²) in [6.07, 6.45) is 0. The number of hydrogen-bond donors (Lipinski definition) is 0. The Hall–Kier alpha value is -1.75. The van der Waals surface area contributed by atoms with E-state index in [0.29, 0.717) is 0 Å². The van der Waals surface area contributed by atoms with E-state index in [4.69, 9.17) is 0 Å². The topological polar surface area (TPSA) is 43.6 Å². The molecule has 1 aromatic heterocycles. The fourth-order valence-corrected chi connectivity index (χ4v) is 2.45. The molecule has 2 aromatic carbocycles. The second-order valence-corrected chi connectivity index (χ2v) is 5.70. The highest BCUT2D eigenvalue weighted by molar-refractivity contribution is 9.10. The van der Waals surface area contributed by atoms with E-state index in [9.17, 15) is 0 Å². The summed E-state index contributed by atoms with van der Waals surface area (Å²) in [6.45, 7) is 4.17. The molecule has 0 atom stereocenters. The van der Waals surface area contributed by atoms with Crippen molar-refractivity contribution < 1.29 is 0 Å². The standard InChI is InChI=1S/C14H13BrN4/c1-9(2)14-16-17-18-19(14)13-6-4-10-7-12(15)5-3-11(10)8-13/h3-9H,1-2H3. The van der Waals surface area contributed by atoms with E-state index in [2.05, 4.69) is 69.6 Å². The fourth-order valence-electron chi connectivity index (χ4n) is 2.07. The van der Waals surface area contributed by atoms with Gasteiger partial charge >= 0.3 is 0 Å². The quantitative estimate of drug-likeness (QED) is 0.724. The SMILES string of the molecule is CC(C)c1nnnn1-c1ccc2cc(Br)ccc2c1. The highest BCUT2D eigenvalue weighted by Crippen LogP contribution is 2.23. The average molecular weight is 317 g/mol. The predicted octanol–water partition coefficient (Wildman–Crippen LogP) is 3.70. The molecule has 1 heterocycles. The van der Waals surface area contributed by atoms with Crippen LogP contribution >= 0.6 is 15.9 Å². The molecule has 0 aliphatic carbocycles. The first-order valence-corrected chi connectivity index (χ1v) is 6.92. The van der Waals surface area contributed by atoms with Gasteiger partial charge in [-0.1, -0.05) is 41.9 Å². The molecule has 19 heavy (non-hydrogen) atoms. The summed E-state index contributed by atoms with van der Waals surface area (Å²) in [5.74, 6) is 1.16. The summed E-state index contributed by atoms with van der Waals surface area (Å²) in [6, 6.07) is 12.4. The summed E-state index contributed by atoms with van der Waals surface area (Å²) in [7, 11) is 0. The number of hydrogen-bond acceptors (Lipinski definition) is 3. The van der Waals surface area contributed by atoms with Gasteiger partial charge in [0.1, 0.15) is 0 Å². The number of benzene rings is 2. The number of nitrogens with zero attached hydrogens (tertiary/aromatic N) is 4. The maximum atomic E-state index is 4.08. The van der Waals surface area contributed by atoms with Crippen molar-refractivity contribution in [1.29, 1.82) is 0 Å². The van der Waals surface area contributed by atoms with Crippen molar-refractivity contribution in [1.82, 2.24) is 20.2 Å². The molecule has 4 nitrogen and oxygen atoms in total. The highest BCUT2D eigenvalue weighted by Gasteiger charge is 2.11. The number of rotatable bonds is 2.